The predicted octanol–water partition coefficient (Wildman–Crippen LogP) is -0.331. The highest BCUT2D eigenvalue weighted by atomic mass is 16.5. The third-order valence-corrected chi connectivity index (χ3v) is 2.39. The summed E-state index contributed by atoms with van der Waals surface area (Å²) in [7, 11) is 0. The standard InChI is InChI=1S/C10H15N3O3/c14-10(5-9-7-15-4-2-11-9)12-6-8-1-3-16-13-8/h1,3,9,11H,2,4-7H2,(H,12,14). The van der Waals surface area contributed by atoms with Gasteiger partial charge in [-0.15, -0.1) is 0 Å². The molecule has 0 saturated carbocycles. The van der Waals surface area contributed by atoms with E-state index < -0.39 is 0 Å². The van der Waals surface area contributed by atoms with Crippen molar-refractivity contribution in [3.63, 3.8) is 0 Å². The molecule has 1 aromatic rings. The molecule has 0 aromatic carbocycles. The number of rotatable bonds is 4. The van der Waals surface area contributed by atoms with Crippen LogP contribution in [0, 0.1) is 0 Å². The third-order valence-electron chi connectivity index (χ3n) is 2.39. The molecule has 6 heteroatoms. The zero-order valence-electron chi connectivity index (χ0n) is 8.94. The van der Waals surface area contributed by atoms with Gasteiger partial charge in [0.1, 0.15) is 12.0 Å². The van der Waals surface area contributed by atoms with Gasteiger partial charge in [0, 0.05) is 25.1 Å². The van der Waals surface area contributed by atoms with E-state index in [0.717, 1.165) is 18.8 Å². The highest BCUT2D eigenvalue weighted by Crippen LogP contribution is 1.99. The second kappa shape index (κ2) is 5.62. The van der Waals surface area contributed by atoms with E-state index in [4.69, 9.17) is 4.74 Å². The first kappa shape index (κ1) is 11.1. The van der Waals surface area contributed by atoms with Gasteiger partial charge in [0.15, 0.2) is 0 Å². The van der Waals surface area contributed by atoms with Crippen molar-refractivity contribution in [2.75, 3.05) is 19.8 Å². The summed E-state index contributed by atoms with van der Waals surface area (Å²) in [6.07, 6.45) is 1.91. The lowest BCUT2D eigenvalue weighted by atomic mass is 10.2. The number of hydrogen-bond donors (Lipinski definition) is 2. The Hall–Kier alpha value is -1.40. The maximum Gasteiger partial charge on any atom is 0.221 e. The molecule has 2 rings (SSSR count). The maximum absolute atomic E-state index is 11.5. The Bertz CT molecular complexity index is 320. The van der Waals surface area contributed by atoms with Crippen LogP contribution in [0.1, 0.15) is 12.1 Å². The Morgan fingerprint density at radius 2 is 2.62 bits per heavy atom. The number of hydrogen-bond acceptors (Lipinski definition) is 5. The van der Waals surface area contributed by atoms with E-state index in [1.807, 2.05) is 0 Å². The Kier molecular flexibility index (Phi) is 3.90. The minimum absolute atomic E-state index is 0.00833. The van der Waals surface area contributed by atoms with Gasteiger partial charge in [0.2, 0.25) is 5.91 Å². The molecule has 16 heavy (non-hydrogen) atoms. The van der Waals surface area contributed by atoms with Crippen LogP contribution in [0.5, 0.6) is 0 Å². The van der Waals surface area contributed by atoms with Crippen LogP contribution in [0.4, 0.5) is 0 Å². The molecule has 2 heterocycles. The molecule has 1 fully saturated rings. The Labute approximate surface area is 93.3 Å². The molecule has 1 aliphatic rings. The lowest BCUT2D eigenvalue weighted by Crippen LogP contribution is -2.44. The van der Waals surface area contributed by atoms with Crippen LogP contribution in [-0.2, 0) is 16.1 Å². The van der Waals surface area contributed by atoms with Gasteiger partial charge >= 0.3 is 0 Å². The lowest BCUT2D eigenvalue weighted by molar-refractivity contribution is -0.122. The van der Waals surface area contributed by atoms with Crippen LogP contribution in [0.15, 0.2) is 16.9 Å². The van der Waals surface area contributed by atoms with Crippen molar-refractivity contribution in [1.82, 2.24) is 15.8 Å². The highest BCUT2D eigenvalue weighted by molar-refractivity contribution is 5.76. The number of morpholine rings is 1. The number of nitrogens with zero attached hydrogens (tertiary/aromatic N) is 1. The van der Waals surface area contributed by atoms with Crippen LogP contribution in [0.3, 0.4) is 0 Å². The molecule has 88 valence electrons. The summed E-state index contributed by atoms with van der Waals surface area (Å²) >= 11 is 0. The monoisotopic (exact) mass is 225 g/mol. The molecule has 1 aliphatic heterocycles. The molecular formula is C10H15N3O3. The summed E-state index contributed by atoms with van der Waals surface area (Å²) in [5.74, 6) is -0.00833. The smallest absolute Gasteiger partial charge is 0.221 e. The number of amides is 1. The van der Waals surface area contributed by atoms with Gasteiger partial charge in [0.05, 0.1) is 19.8 Å². The zero-order chi connectivity index (χ0) is 11.2. The van der Waals surface area contributed by atoms with Gasteiger partial charge in [-0.2, -0.15) is 0 Å². The van der Waals surface area contributed by atoms with Gasteiger partial charge in [-0.3, -0.25) is 4.79 Å². The molecule has 0 spiro atoms. The minimum Gasteiger partial charge on any atom is -0.378 e. The van der Waals surface area contributed by atoms with Crippen LogP contribution in [0.25, 0.3) is 0 Å². The maximum atomic E-state index is 11.5. The molecule has 1 atom stereocenters. The molecule has 1 saturated heterocycles. The van der Waals surface area contributed by atoms with Crippen molar-refractivity contribution in [2.24, 2.45) is 0 Å². The summed E-state index contributed by atoms with van der Waals surface area (Å²) in [6, 6.07) is 1.84. The summed E-state index contributed by atoms with van der Waals surface area (Å²) < 4.78 is 9.93. The van der Waals surface area contributed by atoms with E-state index in [-0.39, 0.29) is 11.9 Å². The van der Waals surface area contributed by atoms with E-state index in [0.29, 0.717) is 19.6 Å². The molecule has 0 aliphatic carbocycles. The van der Waals surface area contributed by atoms with Crippen LogP contribution >= 0.6 is 0 Å². The molecule has 0 radical (unpaired) electrons. The van der Waals surface area contributed by atoms with E-state index >= 15 is 0 Å². The summed E-state index contributed by atoms with van der Waals surface area (Å²) in [4.78, 5) is 11.5. The largest absolute Gasteiger partial charge is 0.378 e. The number of carbonyl (C=O) groups excluding carboxylic acids is 1. The average molecular weight is 225 g/mol. The molecular weight excluding hydrogens is 210 g/mol. The summed E-state index contributed by atoms with van der Waals surface area (Å²) in [6.45, 7) is 2.53. The molecule has 1 aromatic heterocycles. The summed E-state index contributed by atoms with van der Waals surface area (Å²) in [5.41, 5.74) is 0.723. The van der Waals surface area contributed by atoms with Crippen molar-refractivity contribution >= 4 is 5.91 Å². The fourth-order valence-electron chi connectivity index (χ4n) is 1.56. The van der Waals surface area contributed by atoms with Gasteiger partial charge in [-0.05, 0) is 0 Å². The van der Waals surface area contributed by atoms with Crippen LogP contribution in [-0.4, -0.2) is 36.9 Å². The van der Waals surface area contributed by atoms with Gasteiger partial charge in [0.25, 0.3) is 0 Å². The van der Waals surface area contributed by atoms with E-state index in [1.165, 1.54) is 6.26 Å². The van der Waals surface area contributed by atoms with Gasteiger partial charge in [-0.25, -0.2) is 0 Å². The molecule has 0 bridgehead atoms. The van der Waals surface area contributed by atoms with Crippen molar-refractivity contribution in [3.05, 3.63) is 18.0 Å². The highest BCUT2D eigenvalue weighted by Gasteiger charge is 2.16. The van der Waals surface area contributed by atoms with Gasteiger partial charge in [-0.1, -0.05) is 5.16 Å². The number of ether oxygens (including phenoxy) is 1. The fraction of sp³-hybridized carbons (Fsp3) is 0.600. The predicted molar refractivity (Wildman–Crippen MR) is 55.6 cm³/mol. The Morgan fingerprint density at radius 3 is 3.31 bits per heavy atom. The van der Waals surface area contributed by atoms with E-state index in [2.05, 4.69) is 20.3 Å². The fourth-order valence-corrected chi connectivity index (χ4v) is 1.56. The first-order chi connectivity index (χ1) is 7.84. The topological polar surface area (TPSA) is 76.4 Å². The molecule has 1 amide bonds. The normalized spacial score (nSPS) is 20.6. The second-order valence-electron chi connectivity index (χ2n) is 3.70. The zero-order valence-corrected chi connectivity index (χ0v) is 8.94. The average Bonchev–Trinajstić information content (AvgIpc) is 2.81. The van der Waals surface area contributed by atoms with Crippen LogP contribution in [0.2, 0.25) is 0 Å². The quantitative estimate of drug-likeness (QED) is 0.733. The number of aromatic nitrogens is 1. The number of nitrogens with one attached hydrogen (secondary N) is 2. The van der Waals surface area contributed by atoms with Crippen molar-refractivity contribution in [2.45, 2.75) is 19.0 Å². The lowest BCUT2D eigenvalue weighted by Gasteiger charge is -2.23. The Morgan fingerprint density at radius 1 is 1.69 bits per heavy atom. The first-order valence-electron chi connectivity index (χ1n) is 5.31. The third kappa shape index (κ3) is 3.32. The van der Waals surface area contributed by atoms with Crippen LogP contribution < -0.4 is 10.6 Å². The SMILES string of the molecule is O=C(CC1COCCN1)NCc1ccon1. The first-order valence-corrected chi connectivity index (χ1v) is 5.31. The second-order valence-corrected chi connectivity index (χ2v) is 3.70. The molecule has 2 N–H and O–H groups in total. The minimum atomic E-state index is -0.00833. The van der Waals surface area contributed by atoms with E-state index in [9.17, 15) is 4.79 Å². The summed E-state index contributed by atoms with van der Waals surface area (Å²) in [5, 5.41) is 9.70. The molecule has 6 nitrogen and oxygen atoms in total. The van der Waals surface area contributed by atoms with E-state index in [1.54, 1.807) is 6.07 Å². The Balaban J connectivity index is 1.67. The van der Waals surface area contributed by atoms with Crippen molar-refractivity contribution in [3.8, 4) is 0 Å². The number of carbonyl (C=O) groups is 1. The van der Waals surface area contributed by atoms with Crippen molar-refractivity contribution < 1.29 is 14.1 Å². The molecule has 1 unspecified atom stereocenters. The van der Waals surface area contributed by atoms with Gasteiger partial charge < -0.3 is 19.9 Å². The van der Waals surface area contributed by atoms with Crippen molar-refractivity contribution in [1.29, 1.82) is 0 Å².